The minimum atomic E-state index is -0.507. The van der Waals surface area contributed by atoms with E-state index in [0.29, 0.717) is 47.1 Å². The van der Waals surface area contributed by atoms with Gasteiger partial charge in [-0.05, 0) is 25.1 Å². The molecule has 8 nitrogen and oxygen atoms in total. The lowest BCUT2D eigenvalue weighted by Crippen LogP contribution is -2.35. The van der Waals surface area contributed by atoms with Crippen LogP contribution in [0, 0.1) is 5.82 Å². The zero-order valence-corrected chi connectivity index (χ0v) is 19.1. The molecular formula is C25H25FN4O4. The number of H-pyrrole nitrogens is 1. The molecule has 1 aromatic carbocycles. The van der Waals surface area contributed by atoms with E-state index in [1.54, 1.807) is 31.6 Å². The molecule has 2 atom stereocenters. The van der Waals surface area contributed by atoms with Crippen molar-refractivity contribution >= 4 is 17.3 Å². The van der Waals surface area contributed by atoms with Gasteiger partial charge in [-0.3, -0.25) is 9.78 Å². The average molecular weight is 464 g/mol. The van der Waals surface area contributed by atoms with Gasteiger partial charge in [-0.15, -0.1) is 0 Å². The van der Waals surface area contributed by atoms with Crippen molar-refractivity contribution in [2.75, 3.05) is 32.7 Å². The summed E-state index contributed by atoms with van der Waals surface area (Å²) in [6, 6.07) is 6.42. The van der Waals surface area contributed by atoms with Crippen LogP contribution in [0.3, 0.4) is 0 Å². The van der Waals surface area contributed by atoms with Gasteiger partial charge in [0.15, 0.2) is 11.6 Å². The first-order chi connectivity index (χ1) is 16.5. The molecule has 4 heterocycles. The van der Waals surface area contributed by atoms with E-state index in [1.807, 2.05) is 19.1 Å². The normalized spacial score (nSPS) is 20.7. The maximum absolute atomic E-state index is 14.4. The minimum Gasteiger partial charge on any atom is -0.492 e. The Morgan fingerprint density at radius 2 is 2.12 bits per heavy atom. The fraction of sp³-hybridized carbons (Fsp3) is 0.280. The Kier molecular flexibility index (Phi) is 5.70. The molecule has 3 aromatic rings. The number of hydrogen-bond donors (Lipinski definition) is 3. The molecule has 5 rings (SSSR count). The number of aromatic nitrogens is 2. The molecule has 176 valence electrons. The molecule has 2 aliphatic heterocycles. The third-order valence-electron chi connectivity index (χ3n) is 6.26. The summed E-state index contributed by atoms with van der Waals surface area (Å²) in [5, 5.41) is 6.25. The predicted molar refractivity (Wildman–Crippen MR) is 125 cm³/mol. The van der Waals surface area contributed by atoms with Crippen molar-refractivity contribution in [2.45, 2.75) is 18.9 Å². The summed E-state index contributed by atoms with van der Waals surface area (Å²) >= 11 is 0. The van der Waals surface area contributed by atoms with Crippen LogP contribution in [-0.4, -0.2) is 49.4 Å². The highest BCUT2D eigenvalue weighted by Gasteiger charge is 2.35. The highest BCUT2D eigenvalue weighted by molar-refractivity contribution is 6.07. The molecule has 1 amide bonds. The van der Waals surface area contributed by atoms with Crippen molar-refractivity contribution in [1.29, 1.82) is 0 Å². The molecule has 0 radical (unpaired) electrons. The lowest BCUT2D eigenvalue weighted by atomic mass is 9.89. The highest BCUT2D eigenvalue weighted by atomic mass is 19.1. The van der Waals surface area contributed by atoms with Gasteiger partial charge < -0.3 is 29.8 Å². The van der Waals surface area contributed by atoms with Crippen molar-refractivity contribution in [3.8, 4) is 22.8 Å². The van der Waals surface area contributed by atoms with E-state index in [0.717, 1.165) is 11.3 Å². The summed E-state index contributed by atoms with van der Waals surface area (Å²) in [4.78, 5) is 20.8. The fourth-order valence-corrected chi connectivity index (χ4v) is 4.53. The van der Waals surface area contributed by atoms with Crippen molar-refractivity contribution in [1.82, 2.24) is 15.3 Å². The third kappa shape index (κ3) is 3.67. The first-order valence-corrected chi connectivity index (χ1v) is 10.9. The Morgan fingerprint density at radius 3 is 2.91 bits per heavy atom. The Hall–Kier alpha value is -3.85. The molecule has 0 saturated heterocycles. The first kappa shape index (κ1) is 22.0. The molecule has 0 aliphatic carbocycles. The van der Waals surface area contributed by atoms with Crippen LogP contribution in [0.5, 0.6) is 11.5 Å². The molecule has 0 saturated carbocycles. The molecule has 2 aliphatic rings. The second-order valence-corrected chi connectivity index (χ2v) is 8.24. The van der Waals surface area contributed by atoms with Crippen LogP contribution in [0.25, 0.3) is 11.3 Å². The van der Waals surface area contributed by atoms with Gasteiger partial charge in [0.1, 0.15) is 18.5 Å². The van der Waals surface area contributed by atoms with E-state index in [4.69, 9.17) is 14.2 Å². The van der Waals surface area contributed by atoms with Crippen molar-refractivity contribution < 1.29 is 23.4 Å². The lowest BCUT2D eigenvalue weighted by Gasteiger charge is -2.26. The highest BCUT2D eigenvalue weighted by Crippen LogP contribution is 2.45. The van der Waals surface area contributed by atoms with Crippen LogP contribution >= 0.6 is 0 Å². The number of hydrogen-bond acceptors (Lipinski definition) is 6. The van der Waals surface area contributed by atoms with Gasteiger partial charge in [0.25, 0.3) is 5.91 Å². The molecule has 2 aromatic heterocycles. The molecule has 34 heavy (non-hydrogen) atoms. The number of carbonyl (C=O) groups is 1. The standard InChI is InChI=1S/C25H25FN4O4/c1-13-9-14(32-2)12-34-19-11-27-8-7-15(19)22-23(20-21(30-22)16(13)10-28-25(20)31)29-18-6-4-5-17(26)24(18)33-3/h4-9,11,14,16,29-30H,10,12H2,1-3H3,(H,28,31)/b13-9-/t14-,16-/m0/s1. The van der Waals surface area contributed by atoms with Crippen molar-refractivity contribution in [2.24, 2.45) is 0 Å². The van der Waals surface area contributed by atoms with Crippen LogP contribution in [0.15, 0.2) is 48.3 Å². The summed E-state index contributed by atoms with van der Waals surface area (Å²) in [6.45, 7) is 2.75. The average Bonchev–Trinajstić information content (AvgIpc) is 3.20. The fourth-order valence-electron chi connectivity index (χ4n) is 4.53. The van der Waals surface area contributed by atoms with Crippen molar-refractivity contribution in [3.63, 3.8) is 0 Å². The van der Waals surface area contributed by atoms with Crippen LogP contribution < -0.4 is 20.1 Å². The van der Waals surface area contributed by atoms with E-state index >= 15 is 0 Å². The topological polar surface area (TPSA) is 97.5 Å². The summed E-state index contributed by atoms with van der Waals surface area (Å²) in [5.41, 5.74) is 4.52. The quantitative estimate of drug-likeness (QED) is 0.502. The Balaban J connectivity index is 1.77. The van der Waals surface area contributed by atoms with Gasteiger partial charge >= 0.3 is 0 Å². The second kappa shape index (κ2) is 8.83. The van der Waals surface area contributed by atoms with Gasteiger partial charge in [-0.25, -0.2) is 4.39 Å². The number of nitrogens with one attached hydrogen (secondary N) is 3. The molecule has 9 heteroatoms. The molecule has 0 spiro atoms. The molecular weight excluding hydrogens is 439 g/mol. The van der Waals surface area contributed by atoms with Crippen LogP contribution in [-0.2, 0) is 4.74 Å². The van der Waals surface area contributed by atoms with Gasteiger partial charge in [0.05, 0.1) is 35.9 Å². The zero-order valence-electron chi connectivity index (χ0n) is 19.1. The first-order valence-electron chi connectivity index (χ1n) is 10.9. The van der Waals surface area contributed by atoms with E-state index in [-0.39, 0.29) is 23.7 Å². The van der Waals surface area contributed by atoms with Gasteiger partial charge in [0, 0.05) is 37.0 Å². The lowest BCUT2D eigenvalue weighted by molar-refractivity contribution is 0.0906. The van der Waals surface area contributed by atoms with E-state index in [9.17, 15) is 9.18 Å². The smallest absolute Gasteiger partial charge is 0.255 e. The number of aromatic amines is 1. The maximum atomic E-state index is 14.4. The third-order valence-corrected chi connectivity index (χ3v) is 6.26. The van der Waals surface area contributed by atoms with Gasteiger partial charge in [-0.2, -0.15) is 0 Å². The zero-order chi connectivity index (χ0) is 23.8. The van der Waals surface area contributed by atoms with Gasteiger partial charge in [0.2, 0.25) is 0 Å². The number of anilines is 2. The minimum absolute atomic E-state index is 0.0579. The van der Waals surface area contributed by atoms with Crippen LogP contribution in [0.4, 0.5) is 15.8 Å². The summed E-state index contributed by atoms with van der Waals surface area (Å²) in [6.07, 6.45) is 5.02. The number of ether oxygens (including phenoxy) is 3. The molecule has 3 N–H and O–H groups in total. The monoisotopic (exact) mass is 464 g/mol. The summed E-state index contributed by atoms with van der Waals surface area (Å²) in [5.74, 6) is -0.244. The second-order valence-electron chi connectivity index (χ2n) is 8.24. The molecule has 0 fully saturated rings. The number of pyridine rings is 1. The number of nitrogens with zero attached hydrogens (tertiary/aromatic N) is 1. The number of benzene rings is 1. The largest absolute Gasteiger partial charge is 0.492 e. The number of rotatable bonds is 4. The number of fused-ring (bicyclic) bond motifs is 3. The number of methoxy groups -OCH3 is 2. The van der Waals surface area contributed by atoms with Crippen LogP contribution in [0.2, 0.25) is 0 Å². The number of amides is 1. The SMILES string of the molecule is COc1c(F)cccc1Nc1c2[nH]c3c1C(=O)NC[C@H]3/C(C)=C\[C@H](OC)COc1cnccc1-2. The van der Waals surface area contributed by atoms with E-state index in [1.165, 1.54) is 13.2 Å². The van der Waals surface area contributed by atoms with Gasteiger partial charge in [-0.1, -0.05) is 17.7 Å². The Labute approximate surface area is 196 Å². The molecule has 0 unspecified atom stereocenters. The van der Waals surface area contributed by atoms with Crippen LogP contribution in [0.1, 0.15) is 28.9 Å². The summed E-state index contributed by atoms with van der Waals surface area (Å²) in [7, 11) is 3.04. The Bertz CT molecular complexity index is 1290. The summed E-state index contributed by atoms with van der Waals surface area (Å²) < 4.78 is 31.4. The van der Waals surface area contributed by atoms with Crippen molar-refractivity contribution in [3.05, 3.63) is 65.4 Å². The molecule has 2 bridgehead atoms. The number of carbonyl (C=O) groups excluding carboxylic acids is 1. The van der Waals surface area contributed by atoms with E-state index < -0.39 is 5.82 Å². The maximum Gasteiger partial charge on any atom is 0.255 e. The Morgan fingerprint density at radius 1 is 1.26 bits per heavy atom. The number of para-hydroxylation sites is 1. The van der Waals surface area contributed by atoms with E-state index in [2.05, 4.69) is 20.6 Å². The number of halogens is 1. The predicted octanol–water partition coefficient (Wildman–Crippen LogP) is 4.15.